The van der Waals surface area contributed by atoms with Crippen molar-refractivity contribution in [2.24, 2.45) is 11.7 Å². The van der Waals surface area contributed by atoms with Crippen LogP contribution >= 0.6 is 23.5 Å². The quantitative estimate of drug-likeness (QED) is 0.169. The maximum absolute atomic E-state index is 12.9. The Morgan fingerprint density at radius 1 is 0.903 bits per heavy atom. The normalized spacial score (nSPS) is 15.8. The Kier molecular flexibility index (Phi) is 15.4. The Bertz CT molecular complexity index is 596. The molecule has 7 N–H and O–H groups in total. The Morgan fingerprint density at radius 3 is 1.94 bits per heavy atom. The number of hydrogen-bond donors (Lipinski definition) is 6. The lowest BCUT2D eigenvalue weighted by Gasteiger charge is -2.27. The van der Waals surface area contributed by atoms with Gasteiger partial charge in [0.2, 0.25) is 17.7 Å². The highest BCUT2D eigenvalue weighted by Gasteiger charge is 2.32. The molecule has 10 nitrogen and oxygen atoms in total. The minimum atomic E-state index is -1.47. The molecule has 3 amide bonds. The van der Waals surface area contributed by atoms with Gasteiger partial charge in [0.25, 0.3) is 0 Å². The number of hydrogen-bond acceptors (Lipinski definition) is 8. The van der Waals surface area contributed by atoms with E-state index in [0.717, 1.165) is 0 Å². The molecule has 5 atom stereocenters. The van der Waals surface area contributed by atoms with Gasteiger partial charge in [-0.15, -0.1) is 0 Å². The molecule has 0 aromatic rings. The molecule has 0 spiro atoms. The second-order valence-corrected chi connectivity index (χ2v) is 9.16. The standard InChI is InChI=1S/C19H36N4O6S2/c1-5-11(2)15(18(27)22-14(10-24)19(28)29)23-17(26)13(7-9-31-4)21-16(25)12(20)6-8-30-3/h11-15,24H,5-10,20H2,1-4H3,(H,21,25)(H,22,27)(H,23,26)(H,28,29). The molecule has 0 saturated heterocycles. The molecule has 0 aliphatic heterocycles. The molecule has 31 heavy (non-hydrogen) atoms. The first-order chi connectivity index (χ1) is 14.6. The van der Waals surface area contributed by atoms with Crippen LogP contribution in [0.1, 0.15) is 33.1 Å². The van der Waals surface area contributed by atoms with Gasteiger partial charge < -0.3 is 31.9 Å². The van der Waals surface area contributed by atoms with Gasteiger partial charge in [0.1, 0.15) is 18.1 Å². The van der Waals surface area contributed by atoms with E-state index in [-0.39, 0.29) is 5.92 Å². The van der Waals surface area contributed by atoms with Crippen LogP contribution < -0.4 is 21.7 Å². The molecule has 180 valence electrons. The van der Waals surface area contributed by atoms with Crippen molar-refractivity contribution in [3.8, 4) is 0 Å². The van der Waals surface area contributed by atoms with Gasteiger partial charge >= 0.3 is 5.97 Å². The summed E-state index contributed by atoms with van der Waals surface area (Å²) in [5.41, 5.74) is 5.89. The first-order valence-electron chi connectivity index (χ1n) is 10.1. The molecular weight excluding hydrogens is 444 g/mol. The number of carbonyl (C=O) groups excluding carboxylic acids is 3. The van der Waals surface area contributed by atoms with Crippen LogP contribution in [0.15, 0.2) is 0 Å². The Hall–Kier alpha value is -1.50. The van der Waals surface area contributed by atoms with Crippen LogP contribution in [-0.2, 0) is 19.2 Å². The molecule has 0 aliphatic carbocycles. The zero-order valence-electron chi connectivity index (χ0n) is 18.6. The predicted octanol–water partition coefficient (Wildman–Crippen LogP) is -0.603. The number of aliphatic carboxylic acids is 1. The highest BCUT2D eigenvalue weighted by Crippen LogP contribution is 2.10. The van der Waals surface area contributed by atoms with E-state index in [1.165, 1.54) is 11.8 Å². The van der Waals surface area contributed by atoms with E-state index in [4.69, 9.17) is 15.9 Å². The SMILES string of the molecule is CCC(C)C(NC(=O)C(CCSC)NC(=O)C(N)CCSC)C(=O)NC(CO)C(=O)O. The minimum absolute atomic E-state index is 0.308. The number of nitrogens with two attached hydrogens (primary N) is 1. The number of carboxylic acids is 1. The van der Waals surface area contributed by atoms with Gasteiger partial charge in [-0.1, -0.05) is 20.3 Å². The number of amides is 3. The molecule has 0 aromatic heterocycles. The lowest BCUT2D eigenvalue weighted by atomic mass is 9.97. The average molecular weight is 481 g/mol. The van der Waals surface area contributed by atoms with Gasteiger partial charge in [0.05, 0.1) is 12.6 Å². The lowest BCUT2D eigenvalue weighted by Crippen LogP contribution is -2.59. The number of aliphatic hydroxyl groups is 1. The molecule has 0 radical (unpaired) electrons. The van der Waals surface area contributed by atoms with Crippen molar-refractivity contribution in [1.82, 2.24) is 16.0 Å². The number of carboxylic acid groups (broad SMARTS) is 1. The maximum atomic E-state index is 12.9. The summed E-state index contributed by atoms with van der Waals surface area (Å²) in [5, 5.41) is 25.8. The smallest absolute Gasteiger partial charge is 0.328 e. The second-order valence-electron chi connectivity index (χ2n) is 7.18. The van der Waals surface area contributed by atoms with Crippen molar-refractivity contribution in [2.75, 3.05) is 30.6 Å². The van der Waals surface area contributed by atoms with Crippen LogP contribution in [0.25, 0.3) is 0 Å². The summed E-state index contributed by atoms with van der Waals surface area (Å²) < 4.78 is 0. The lowest BCUT2D eigenvalue weighted by molar-refractivity contribution is -0.143. The van der Waals surface area contributed by atoms with Gasteiger partial charge in [-0.3, -0.25) is 14.4 Å². The summed E-state index contributed by atoms with van der Waals surface area (Å²) in [6, 6.07) is -4.12. The van der Waals surface area contributed by atoms with Crippen molar-refractivity contribution in [2.45, 2.75) is 57.3 Å². The third-order valence-electron chi connectivity index (χ3n) is 4.80. The highest BCUT2D eigenvalue weighted by molar-refractivity contribution is 7.98. The van der Waals surface area contributed by atoms with Gasteiger partial charge in [0.15, 0.2) is 0 Å². The van der Waals surface area contributed by atoms with Gasteiger partial charge in [0, 0.05) is 0 Å². The van der Waals surface area contributed by atoms with Crippen LogP contribution in [0.4, 0.5) is 0 Å². The predicted molar refractivity (Wildman–Crippen MR) is 124 cm³/mol. The largest absolute Gasteiger partial charge is 0.480 e. The summed E-state index contributed by atoms with van der Waals surface area (Å²) in [4.78, 5) is 49.0. The number of rotatable bonds is 16. The van der Waals surface area contributed by atoms with E-state index in [1.54, 1.807) is 18.7 Å². The number of aliphatic hydroxyl groups excluding tert-OH is 1. The van der Waals surface area contributed by atoms with E-state index in [0.29, 0.717) is 30.8 Å². The van der Waals surface area contributed by atoms with Crippen molar-refractivity contribution in [3.05, 3.63) is 0 Å². The molecule has 5 unspecified atom stereocenters. The molecule has 0 aromatic carbocycles. The van der Waals surface area contributed by atoms with Crippen molar-refractivity contribution < 1.29 is 29.4 Å². The summed E-state index contributed by atoms with van der Waals surface area (Å²) >= 11 is 3.07. The van der Waals surface area contributed by atoms with Crippen LogP contribution in [-0.4, -0.2) is 88.7 Å². The van der Waals surface area contributed by atoms with E-state index >= 15 is 0 Å². The zero-order chi connectivity index (χ0) is 24.0. The fourth-order valence-electron chi connectivity index (χ4n) is 2.56. The monoisotopic (exact) mass is 480 g/mol. The first-order valence-corrected chi connectivity index (χ1v) is 12.9. The molecule has 0 fully saturated rings. The molecule has 12 heteroatoms. The summed E-state index contributed by atoms with van der Waals surface area (Å²) in [6.45, 7) is 2.80. The Balaban J connectivity index is 5.36. The minimum Gasteiger partial charge on any atom is -0.480 e. The Labute approximate surface area is 192 Å². The molecular formula is C19H36N4O6S2. The summed E-state index contributed by atoms with van der Waals surface area (Å²) in [7, 11) is 0. The maximum Gasteiger partial charge on any atom is 0.328 e. The number of carbonyl (C=O) groups is 4. The fourth-order valence-corrected chi connectivity index (χ4v) is 3.52. The van der Waals surface area contributed by atoms with Gasteiger partial charge in [-0.25, -0.2) is 4.79 Å². The molecule has 0 aliphatic rings. The van der Waals surface area contributed by atoms with Crippen molar-refractivity contribution in [3.63, 3.8) is 0 Å². The van der Waals surface area contributed by atoms with Gasteiger partial charge in [-0.05, 0) is 42.8 Å². The Morgan fingerprint density at radius 2 is 1.45 bits per heavy atom. The average Bonchev–Trinajstić information content (AvgIpc) is 2.75. The van der Waals surface area contributed by atoms with Crippen LogP contribution in [0, 0.1) is 5.92 Å². The first kappa shape index (κ1) is 29.5. The molecule has 0 heterocycles. The topological polar surface area (TPSA) is 171 Å². The van der Waals surface area contributed by atoms with E-state index < -0.39 is 54.5 Å². The molecule has 0 rings (SSSR count). The van der Waals surface area contributed by atoms with E-state index in [1.807, 2.05) is 19.4 Å². The fraction of sp³-hybridized carbons (Fsp3) is 0.789. The zero-order valence-corrected chi connectivity index (χ0v) is 20.2. The third kappa shape index (κ3) is 11.1. The summed E-state index contributed by atoms with van der Waals surface area (Å²) in [6.07, 6.45) is 5.13. The second kappa shape index (κ2) is 16.2. The van der Waals surface area contributed by atoms with Crippen LogP contribution in [0.3, 0.4) is 0 Å². The summed E-state index contributed by atoms with van der Waals surface area (Å²) in [5.74, 6) is -2.07. The number of nitrogens with one attached hydrogen (secondary N) is 3. The third-order valence-corrected chi connectivity index (χ3v) is 6.09. The molecule has 0 saturated carbocycles. The van der Waals surface area contributed by atoms with Crippen molar-refractivity contribution >= 4 is 47.2 Å². The van der Waals surface area contributed by atoms with E-state index in [9.17, 15) is 19.2 Å². The van der Waals surface area contributed by atoms with Crippen LogP contribution in [0.5, 0.6) is 0 Å². The van der Waals surface area contributed by atoms with E-state index in [2.05, 4.69) is 16.0 Å². The highest BCUT2D eigenvalue weighted by atomic mass is 32.2. The van der Waals surface area contributed by atoms with Crippen LogP contribution in [0.2, 0.25) is 0 Å². The number of thioether (sulfide) groups is 2. The van der Waals surface area contributed by atoms with Crippen molar-refractivity contribution in [1.29, 1.82) is 0 Å². The molecule has 0 bridgehead atoms. The van der Waals surface area contributed by atoms with Gasteiger partial charge in [-0.2, -0.15) is 23.5 Å².